The van der Waals surface area contributed by atoms with Gasteiger partial charge in [-0.2, -0.15) is 0 Å². The number of nitrogens with two attached hydrogens (primary N) is 1. The monoisotopic (exact) mass is 272 g/mol. The van der Waals surface area contributed by atoms with Gasteiger partial charge in [-0.15, -0.1) is 0 Å². The maximum absolute atomic E-state index is 12.2. The Labute approximate surface area is 111 Å². The molecule has 0 atom stereocenters. The van der Waals surface area contributed by atoms with Crippen molar-refractivity contribution in [2.75, 3.05) is 11.1 Å². The van der Waals surface area contributed by atoms with Crippen LogP contribution in [-0.4, -0.2) is 25.7 Å². The predicted molar refractivity (Wildman–Crippen MR) is 71.8 cm³/mol. The van der Waals surface area contributed by atoms with Crippen LogP contribution in [0.1, 0.15) is 10.4 Å². The van der Waals surface area contributed by atoms with E-state index in [2.05, 4.69) is 25.1 Å². The summed E-state index contributed by atoms with van der Waals surface area (Å²) < 4.78 is 3.58. The number of pyridine rings is 1. The van der Waals surface area contributed by atoms with Crippen molar-refractivity contribution in [1.29, 1.82) is 0 Å². The summed E-state index contributed by atoms with van der Waals surface area (Å²) in [5, 5.41) is 10.8. The summed E-state index contributed by atoms with van der Waals surface area (Å²) in [5.74, 6) is -0.0249. The summed E-state index contributed by atoms with van der Waals surface area (Å²) in [4.78, 5) is 16.4. The largest absolute Gasteiger partial charge is 0.384 e. The summed E-state index contributed by atoms with van der Waals surface area (Å²) in [7, 11) is 0. The molecule has 2 aromatic heterocycles. The second-order valence-electron chi connectivity index (χ2n) is 3.73. The second-order valence-corrected chi connectivity index (χ2v) is 4.47. The minimum atomic E-state index is -0.316. The molecule has 1 aromatic carbocycles. The Hall–Kier alpha value is -2.61. The van der Waals surface area contributed by atoms with E-state index in [9.17, 15) is 4.79 Å². The van der Waals surface area contributed by atoms with Gasteiger partial charge >= 0.3 is 0 Å². The fourth-order valence-electron chi connectivity index (χ4n) is 1.73. The van der Waals surface area contributed by atoms with Crippen LogP contribution in [0.3, 0.4) is 0 Å². The van der Waals surface area contributed by atoms with Crippen LogP contribution in [0.4, 0.5) is 10.9 Å². The molecule has 0 aliphatic rings. The molecule has 0 unspecified atom stereocenters. The molecule has 0 aliphatic carbocycles. The molecule has 0 spiro atoms. The molecule has 0 bridgehead atoms. The van der Waals surface area contributed by atoms with Crippen LogP contribution in [0.2, 0.25) is 0 Å². The highest BCUT2D eigenvalue weighted by atomic mass is 32.1. The van der Waals surface area contributed by atoms with E-state index >= 15 is 0 Å². The van der Waals surface area contributed by atoms with Gasteiger partial charge in [-0.3, -0.25) is 10.1 Å². The fraction of sp³-hybridized carbons (Fsp3) is 0. The lowest BCUT2D eigenvalue weighted by molar-refractivity contribution is 0.102. The van der Waals surface area contributed by atoms with Gasteiger partial charge in [0.15, 0.2) is 0 Å². The normalized spacial score (nSPS) is 10.5. The van der Waals surface area contributed by atoms with E-state index in [1.165, 1.54) is 6.07 Å². The first-order valence-corrected chi connectivity index (χ1v) is 6.13. The van der Waals surface area contributed by atoms with Gasteiger partial charge in [0.25, 0.3) is 5.91 Å². The lowest BCUT2D eigenvalue weighted by atomic mass is 10.1. The molecule has 1 amide bonds. The number of para-hydroxylation sites is 1. The van der Waals surface area contributed by atoms with E-state index in [1.54, 1.807) is 6.07 Å². The van der Waals surface area contributed by atoms with Crippen molar-refractivity contribution in [2.24, 2.45) is 0 Å². The minimum absolute atomic E-state index is 0.291. The summed E-state index contributed by atoms with van der Waals surface area (Å²) in [6.45, 7) is 0. The molecule has 94 valence electrons. The Morgan fingerprint density at radius 3 is 2.95 bits per heavy atom. The molecule has 3 rings (SSSR count). The Balaban J connectivity index is 2.06. The molecule has 8 heteroatoms. The van der Waals surface area contributed by atoms with Crippen LogP contribution in [-0.2, 0) is 0 Å². The van der Waals surface area contributed by atoms with Gasteiger partial charge in [0.05, 0.1) is 11.1 Å². The van der Waals surface area contributed by atoms with Crippen molar-refractivity contribution in [1.82, 2.24) is 19.8 Å². The Kier molecular flexibility index (Phi) is 2.76. The SMILES string of the molecule is Nc1cc(C(=O)Nc2nnns2)c2ccccc2n1. The number of nitrogens with zero attached hydrogens (tertiary/aromatic N) is 4. The third-order valence-corrected chi connectivity index (χ3v) is 3.01. The van der Waals surface area contributed by atoms with E-state index in [4.69, 9.17) is 5.73 Å². The number of anilines is 2. The van der Waals surface area contributed by atoms with Crippen LogP contribution < -0.4 is 11.1 Å². The number of fused-ring (bicyclic) bond motifs is 1. The number of hydrogen-bond acceptors (Lipinski definition) is 7. The smallest absolute Gasteiger partial charge is 0.258 e. The molecular weight excluding hydrogens is 264 g/mol. The topological polar surface area (TPSA) is 107 Å². The zero-order chi connectivity index (χ0) is 13.2. The summed E-state index contributed by atoms with van der Waals surface area (Å²) >= 11 is 1.00. The highest BCUT2D eigenvalue weighted by Crippen LogP contribution is 2.20. The molecule has 0 aliphatic heterocycles. The van der Waals surface area contributed by atoms with Crippen molar-refractivity contribution in [3.63, 3.8) is 0 Å². The zero-order valence-corrected chi connectivity index (χ0v) is 10.4. The minimum Gasteiger partial charge on any atom is -0.384 e. The zero-order valence-electron chi connectivity index (χ0n) is 9.57. The quantitative estimate of drug-likeness (QED) is 0.728. The third-order valence-electron chi connectivity index (χ3n) is 2.50. The standard InChI is InChI=1S/C11H8N6OS/c12-9-5-7(6-3-1-2-4-8(6)13-9)10(18)14-11-15-16-17-19-11/h1-5H,(H2,12,13)(H,14,15,17,18). The average molecular weight is 272 g/mol. The Morgan fingerprint density at radius 1 is 1.32 bits per heavy atom. The molecule has 7 nitrogen and oxygen atoms in total. The summed E-state index contributed by atoms with van der Waals surface area (Å²) in [5.41, 5.74) is 6.82. The van der Waals surface area contributed by atoms with Gasteiger partial charge < -0.3 is 5.73 Å². The first kappa shape index (κ1) is 11.5. The molecule has 0 radical (unpaired) electrons. The number of rotatable bonds is 2. The van der Waals surface area contributed by atoms with Gasteiger partial charge in [-0.25, -0.2) is 4.98 Å². The first-order valence-electron chi connectivity index (χ1n) is 5.36. The van der Waals surface area contributed by atoms with E-state index in [1.807, 2.05) is 18.2 Å². The van der Waals surface area contributed by atoms with Gasteiger partial charge in [0.1, 0.15) is 5.82 Å². The van der Waals surface area contributed by atoms with Gasteiger partial charge in [0.2, 0.25) is 5.13 Å². The lowest BCUT2D eigenvalue weighted by Gasteiger charge is -2.06. The molecule has 0 saturated carbocycles. The molecule has 19 heavy (non-hydrogen) atoms. The molecular formula is C11H8N6OS. The molecule has 0 saturated heterocycles. The Bertz CT molecular complexity index is 742. The van der Waals surface area contributed by atoms with E-state index in [-0.39, 0.29) is 5.91 Å². The maximum Gasteiger partial charge on any atom is 0.258 e. The van der Waals surface area contributed by atoms with Crippen molar-refractivity contribution >= 4 is 39.3 Å². The molecule has 2 heterocycles. The number of benzene rings is 1. The molecule has 3 aromatic rings. The van der Waals surface area contributed by atoms with Gasteiger partial charge in [-0.05, 0) is 17.3 Å². The number of nitrogens with one attached hydrogen (secondary N) is 1. The number of hydrogen-bond donors (Lipinski definition) is 2. The molecule has 0 fully saturated rings. The second kappa shape index (κ2) is 4.58. The highest BCUT2D eigenvalue weighted by molar-refractivity contribution is 7.09. The fourth-order valence-corrected chi connectivity index (χ4v) is 2.09. The lowest BCUT2D eigenvalue weighted by Crippen LogP contribution is -2.13. The number of nitrogen functional groups attached to an aromatic ring is 1. The number of aromatic nitrogens is 4. The number of carbonyl (C=O) groups excluding carboxylic acids is 1. The van der Waals surface area contributed by atoms with Crippen molar-refractivity contribution in [3.05, 3.63) is 35.9 Å². The number of carbonyl (C=O) groups is 1. The van der Waals surface area contributed by atoms with Gasteiger partial charge in [0, 0.05) is 16.9 Å². The van der Waals surface area contributed by atoms with Crippen LogP contribution in [0.15, 0.2) is 30.3 Å². The van der Waals surface area contributed by atoms with Crippen molar-refractivity contribution < 1.29 is 4.79 Å². The van der Waals surface area contributed by atoms with E-state index in [0.29, 0.717) is 22.0 Å². The van der Waals surface area contributed by atoms with Crippen LogP contribution in [0.5, 0.6) is 0 Å². The van der Waals surface area contributed by atoms with Crippen LogP contribution in [0, 0.1) is 0 Å². The highest BCUT2D eigenvalue weighted by Gasteiger charge is 2.13. The predicted octanol–water partition coefficient (Wildman–Crippen LogP) is 1.32. The number of amides is 1. The van der Waals surface area contributed by atoms with E-state index in [0.717, 1.165) is 16.9 Å². The van der Waals surface area contributed by atoms with Crippen molar-refractivity contribution in [3.8, 4) is 0 Å². The summed E-state index contributed by atoms with van der Waals surface area (Å²) in [6.07, 6.45) is 0. The van der Waals surface area contributed by atoms with Crippen LogP contribution in [0.25, 0.3) is 10.9 Å². The Morgan fingerprint density at radius 2 is 2.16 bits per heavy atom. The first-order chi connectivity index (χ1) is 9.24. The third kappa shape index (κ3) is 2.20. The maximum atomic E-state index is 12.2. The van der Waals surface area contributed by atoms with Crippen LogP contribution >= 0.6 is 11.5 Å². The average Bonchev–Trinajstić information content (AvgIpc) is 2.90. The summed E-state index contributed by atoms with van der Waals surface area (Å²) in [6, 6.07) is 8.82. The van der Waals surface area contributed by atoms with Gasteiger partial charge in [-0.1, -0.05) is 27.8 Å². The molecule has 3 N–H and O–H groups in total. The van der Waals surface area contributed by atoms with Crippen molar-refractivity contribution in [2.45, 2.75) is 0 Å². The van der Waals surface area contributed by atoms with E-state index < -0.39 is 0 Å².